The maximum Gasteiger partial charge on any atom is 0.244 e. The van der Waals surface area contributed by atoms with Crippen molar-refractivity contribution in [3.63, 3.8) is 0 Å². The molecule has 0 radical (unpaired) electrons. The lowest BCUT2D eigenvalue weighted by Crippen LogP contribution is -2.35. The Morgan fingerprint density at radius 3 is 2.89 bits per heavy atom. The van der Waals surface area contributed by atoms with Crippen LogP contribution in [0.4, 0.5) is 0 Å². The van der Waals surface area contributed by atoms with Gasteiger partial charge in [-0.05, 0) is 24.1 Å². The molecule has 0 amide bonds. The summed E-state index contributed by atoms with van der Waals surface area (Å²) in [5, 5.41) is 9.10. The van der Waals surface area contributed by atoms with Crippen molar-refractivity contribution in [2.24, 2.45) is 0 Å². The molecule has 1 heterocycles. The molecule has 0 aliphatic carbocycles. The predicted molar refractivity (Wildman–Crippen MR) is 68.5 cm³/mol. The summed E-state index contributed by atoms with van der Waals surface area (Å²) in [5.41, 5.74) is 0.517. The van der Waals surface area contributed by atoms with Crippen LogP contribution in [0.1, 0.15) is 12.0 Å². The Morgan fingerprint density at radius 2 is 2.32 bits per heavy atom. The fourth-order valence-electron chi connectivity index (χ4n) is 1.94. The topological polar surface area (TPSA) is 84.9 Å². The van der Waals surface area contributed by atoms with Gasteiger partial charge in [0.2, 0.25) is 10.0 Å². The van der Waals surface area contributed by atoms with Crippen molar-refractivity contribution in [3.8, 4) is 5.75 Å². The van der Waals surface area contributed by atoms with E-state index in [0.717, 1.165) is 0 Å². The van der Waals surface area contributed by atoms with E-state index in [4.69, 9.17) is 14.6 Å². The molecule has 1 unspecified atom stereocenters. The van der Waals surface area contributed by atoms with Crippen molar-refractivity contribution < 1.29 is 23.0 Å². The van der Waals surface area contributed by atoms with E-state index >= 15 is 0 Å². The summed E-state index contributed by atoms with van der Waals surface area (Å²) in [7, 11) is -2.28. The second-order valence-electron chi connectivity index (χ2n) is 4.33. The summed E-state index contributed by atoms with van der Waals surface area (Å²) in [4.78, 5) is 0.0356. The van der Waals surface area contributed by atoms with Gasteiger partial charge in [0, 0.05) is 12.6 Å². The summed E-state index contributed by atoms with van der Waals surface area (Å²) in [6.07, 6.45) is 0.654. The van der Waals surface area contributed by atoms with Crippen LogP contribution >= 0.6 is 0 Å². The summed E-state index contributed by atoms with van der Waals surface area (Å²) in [6.45, 7) is 0.710. The first-order chi connectivity index (χ1) is 9.06. The minimum absolute atomic E-state index is 0.0356. The Morgan fingerprint density at radius 1 is 1.53 bits per heavy atom. The Kier molecular flexibility index (Phi) is 4.41. The second-order valence-corrected chi connectivity index (χ2v) is 6.01. The third kappa shape index (κ3) is 3.24. The van der Waals surface area contributed by atoms with Crippen molar-refractivity contribution >= 4 is 10.0 Å². The Bertz CT molecular complexity index is 537. The molecular weight excluding hydrogens is 270 g/mol. The van der Waals surface area contributed by atoms with Crippen LogP contribution < -0.4 is 9.46 Å². The highest BCUT2D eigenvalue weighted by Gasteiger charge is 2.26. The van der Waals surface area contributed by atoms with Crippen LogP contribution in [0.2, 0.25) is 0 Å². The third-order valence-corrected chi connectivity index (χ3v) is 4.49. The molecular formula is C12H17NO5S. The third-order valence-electron chi connectivity index (χ3n) is 2.95. The van der Waals surface area contributed by atoms with Crippen molar-refractivity contribution in [2.75, 3.05) is 20.3 Å². The molecule has 106 valence electrons. The monoisotopic (exact) mass is 287 g/mol. The van der Waals surface area contributed by atoms with E-state index in [0.29, 0.717) is 25.2 Å². The summed E-state index contributed by atoms with van der Waals surface area (Å²) < 4.78 is 37.4. The minimum Gasteiger partial charge on any atom is -0.495 e. The first-order valence-electron chi connectivity index (χ1n) is 5.94. The SMILES string of the molecule is COc1ccc(CO)cc1S(=O)(=O)NC1CCOC1. The first-order valence-corrected chi connectivity index (χ1v) is 7.43. The highest BCUT2D eigenvalue weighted by atomic mass is 32.2. The average molecular weight is 287 g/mol. The van der Waals surface area contributed by atoms with Gasteiger partial charge in [0.25, 0.3) is 0 Å². The fourth-order valence-corrected chi connectivity index (χ4v) is 3.41. The number of hydrogen-bond donors (Lipinski definition) is 2. The van der Waals surface area contributed by atoms with Crippen LogP contribution in [-0.2, 0) is 21.4 Å². The van der Waals surface area contributed by atoms with Gasteiger partial charge < -0.3 is 14.6 Å². The Labute approximate surface area is 112 Å². The molecule has 1 saturated heterocycles. The fraction of sp³-hybridized carbons (Fsp3) is 0.500. The molecule has 1 aromatic rings. The second kappa shape index (κ2) is 5.87. The molecule has 19 heavy (non-hydrogen) atoms. The maximum atomic E-state index is 12.3. The number of aliphatic hydroxyl groups excluding tert-OH is 1. The number of benzene rings is 1. The van der Waals surface area contributed by atoms with E-state index in [1.807, 2.05) is 0 Å². The number of aliphatic hydroxyl groups is 1. The number of hydrogen-bond acceptors (Lipinski definition) is 5. The summed E-state index contributed by atoms with van der Waals surface area (Å²) in [6, 6.07) is 4.35. The van der Waals surface area contributed by atoms with E-state index < -0.39 is 10.0 Å². The van der Waals surface area contributed by atoms with E-state index in [1.165, 1.54) is 19.2 Å². The molecule has 2 N–H and O–H groups in total. The van der Waals surface area contributed by atoms with Crippen molar-refractivity contribution in [3.05, 3.63) is 23.8 Å². The van der Waals surface area contributed by atoms with Crippen molar-refractivity contribution in [1.29, 1.82) is 0 Å². The molecule has 0 bridgehead atoms. The van der Waals surface area contributed by atoms with Crippen LogP contribution in [-0.4, -0.2) is 39.9 Å². The predicted octanol–water partition coefficient (Wildman–Crippen LogP) is 0.255. The molecule has 1 atom stereocenters. The minimum atomic E-state index is -3.69. The lowest BCUT2D eigenvalue weighted by molar-refractivity contribution is 0.192. The van der Waals surface area contributed by atoms with Gasteiger partial charge in [-0.2, -0.15) is 0 Å². The van der Waals surface area contributed by atoms with Gasteiger partial charge in [0.15, 0.2) is 0 Å². The molecule has 0 saturated carbocycles. The average Bonchev–Trinajstić information content (AvgIpc) is 2.90. The highest BCUT2D eigenvalue weighted by Crippen LogP contribution is 2.25. The van der Waals surface area contributed by atoms with Crippen LogP contribution in [0.25, 0.3) is 0 Å². The smallest absolute Gasteiger partial charge is 0.244 e. The lowest BCUT2D eigenvalue weighted by Gasteiger charge is -2.14. The van der Waals surface area contributed by atoms with Gasteiger partial charge in [0.1, 0.15) is 10.6 Å². The van der Waals surface area contributed by atoms with Crippen LogP contribution in [0.5, 0.6) is 5.75 Å². The standard InChI is InChI=1S/C12H17NO5S/c1-17-11-3-2-9(7-14)6-12(11)19(15,16)13-10-4-5-18-8-10/h2-3,6,10,13-14H,4-5,7-8H2,1H3. The maximum absolute atomic E-state index is 12.3. The van der Waals surface area contributed by atoms with Gasteiger partial charge in [-0.1, -0.05) is 6.07 Å². The zero-order valence-electron chi connectivity index (χ0n) is 10.6. The zero-order valence-corrected chi connectivity index (χ0v) is 11.4. The number of ether oxygens (including phenoxy) is 2. The number of methoxy groups -OCH3 is 1. The molecule has 0 aromatic heterocycles. The number of sulfonamides is 1. The van der Waals surface area contributed by atoms with E-state index in [2.05, 4.69) is 4.72 Å². The van der Waals surface area contributed by atoms with E-state index in [1.54, 1.807) is 6.07 Å². The van der Waals surface area contributed by atoms with Gasteiger partial charge in [-0.3, -0.25) is 0 Å². The Balaban J connectivity index is 2.32. The number of rotatable bonds is 5. The molecule has 1 aromatic carbocycles. The zero-order chi connectivity index (χ0) is 13.9. The van der Waals surface area contributed by atoms with Crippen LogP contribution in [0, 0.1) is 0 Å². The molecule has 7 heteroatoms. The van der Waals surface area contributed by atoms with Gasteiger partial charge in [0.05, 0.1) is 20.3 Å². The molecule has 1 fully saturated rings. The van der Waals surface area contributed by atoms with Crippen LogP contribution in [0.3, 0.4) is 0 Å². The largest absolute Gasteiger partial charge is 0.495 e. The van der Waals surface area contributed by atoms with Crippen molar-refractivity contribution in [2.45, 2.75) is 24.0 Å². The normalized spacial score (nSPS) is 19.6. The number of nitrogens with one attached hydrogen (secondary N) is 1. The van der Waals surface area contributed by atoms with Crippen LogP contribution in [0.15, 0.2) is 23.1 Å². The first kappa shape index (κ1) is 14.3. The van der Waals surface area contributed by atoms with E-state index in [9.17, 15) is 8.42 Å². The molecule has 2 rings (SSSR count). The van der Waals surface area contributed by atoms with Crippen molar-refractivity contribution in [1.82, 2.24) is 4.72 Å². The summed E-state index contributed by atoms with van der Waals surface area (Å²) >= 11 is 0. The quantitative estimate of drug-likeness (QED) is 0.811. The summed E-state index contributed by atoms with van der Waals surface area (Å²) in [5.74, 6) is 0.253. The molecule has 0 spiro atoms. The Hall–Kier alpha value is -1.15. The van der Waals surface area contributed by atoms with E-state index in [-0.39, 0.29) is 23.3 Å². The van der Waals surface area contributed by atoms with Gasteiger partial charge in [-0.15, -0.1) is 0 Å². The molecule has 1 aliphatic heterocycles. The van der Waals surface area contributed by atoms with Gasteiger partial charge in [-0.25, -0.2) is 13.1 Å². The highest BCUT2D eigenvalue weighted by molar-refractivity contribution is 7.89. The molecule has 1 aliphatic rings. The van der Waals surface area contributed by atoms with Gasteiger partial charge >= 0.3 is 0 Å². The molecule has 6 nitrogen and oxygen atoms in total. The lowest BCUT2D eigenvalue weighted by atomic mass is 10.2.